The molecule has 4 heteroatoms. The average molecular weight is 313 g/mol. The normalized spacial score (nSPS) is 30.8. The molecule has 2 fully saturated rings. The van der Waals surface area contributed by atoms with Crippen LogP contribution < -0.4 is 10.2 Å². The summed E-state index contributed by atoms with van der Waals surface area (Å²) in [7, 11) is 2.03. The quantitative estimate of drug-likeness (QED) is 0.901. The highest BCUT2D eigenvalue weighted by Gasteiger charge is 2.41. The minimum Gasteiger partial charge on any atom is -0.363 e. The zero-order chi connectivity index (χ0) is 12.7. The number of benzene rings is 1. The predicted molar refractivity (Wildman–Crippen MR) is 75.5 cm³/mol. The molecule has 2 aliphatic rings. The molecule has 2 heterocycles. The molecular formula is C14H18BrFN2. The minimum absolute atomic E-state index is 0.0991. The molecule has 3 rings (SSSR count). The average Bonchev–Trinajstić information content (AvgIpc) is 2.63. The van der Waals surface area contributed by atoms with Crippen molar-refractivity contribution in [3.8, 4) is 0 Å². The van der Waals surface area contributed by atoms with Crippen molar-refractivity contribution in [2.75, 3.05) is 11.9 Å². The first-order valence-electron chi connectivity index (χ1n) is 6.59. The Hall–Kier alpha value is -0.610. The van der Waals surface area contributed by atoms with E-state index >= 15 is 0 Å². The van der Waals surface area contributed by atoms with Gasteiger partial charge < -0.3 is 10.2 Å². The monoisotopic (exact) mass is 312 g/mol. The van der Waals surface area contributed by atoms with E-state index in [-0.39, 0.29) is 5.82 Å². The van der Waals surface area contributed by atoms with Crippen LogP contribution in [0.15, 0.2) is 22.7 Å². The summed E-state index contributed by atoms with van der Waals surface area (Å²) in [5, 5.41) is 3.37. The summed E-state index contributed by atoms with van der Waals surface area (Å²) in [5.41, 5.74) is 0.770. The van der Waals surface area contributed by atoms with E-state index in [1.165, 1.54) is 12.8 Å². The maximum Gasteiger partial charge on any atom is 0.146 e. The summed E-state index contributed by atoms with van der Waals surface area (Å²) >= 11 is 3.44. The van der Waals surface area contributed by atoms with Crippen LogP contribution in [-0.4, -0.2) is 25.2 Å². The van der Waals surface area contributed by atoms with Crippen molar-refractivity contribution >= 4 is 21.6 Å². The molecule has 2 aliphatic heterocycles. The van der Waals surface area contributed by atoms with Gasteiger partial charge in [-0.1, -0.05) is 15.9 Å². The summed E-state index contributed by atoms with van der Waals surface area (Å²) in [6.07, 6.45) is 4.63. The van der Waals surface area contributed by atoms with E-state index in [1.807, 2.05) is 13.1 Å². The highest BCUT2D eigenvalue weighted by molar-refractivity contribution is 9.10. The smallest absolute Gasteiger partial charge is 0.146 e. The largest absolute Gasteiger partial charge is 0.363 e. The van der Waals surface area contributed by atoms with Gasteiger partial charge in [-0.05, 0) is 50.9 Å². The molecule has 1 aromatic carbocycles. The van der Waals surface area contributed by atoms with Crippen molar-refractivity contribution in [1.29, 1.82) is 0 Å². The first kappa shape index (κ1) is 12.4. The number of piperidine rings is 1. The number of nitrogens with one attached hydrogen (secondary N) is 1. The lowest BCUT2D eigenvalue weighted by atomic mass is 9.96. The number of fused-ring (bicyclic) bond motifs is 2. The molecule has 2 unspecified atom stereocenters. The highest BCUT2D eigenvalue weighted by Crippen LogP contribution is 2.40. The summed E-state index contributed by atoms with van der Waals surface area (Å²) in [5.74, 6) is -0.0991. The third kappa shape index (κ3) is 2.05. The van der Waals surface area contributed by atoms with Crippen molar-refractivity contribution < 1.29 is 4.39 Å². The summed E-state index contributed by atoms with van der Waals surface area (Å²) in [4.78, 5) is 2.31. The van der Waals surface area contributed by atoms with Gasteiger partial charge in [0, 0.05) is 22.6 Å². The number of nitrogens with zero attached hydrogens (tertiary/aromatic N) is 1. The van der Waals surface area contributed by atoms with E-state index in [2.05, 4.69) is 26.1 Å². The molecule has 18 heavy (non-hydrogen) atoms. The second-order valence-corrected chi connectivity index (χ2v) is 6.26. The maximum atomic E-state index is 14.0. The number of anilines is 1. The molecular weight excluding hydrogens is 295 g/mol. The number of hydrogen-bond donors (Lipinski definition) is 1. The van der Waals surface area contributed by atoms with Crippen molar-refractivity contribution in [1.82, 2.24) is 5.32 Å². The highest BCUT2D eigenvalue weighted by atomic mass is 79.9. The molecule has 0 aliphatic carbocycles. The van der Waals surface area contributed by atoms with Gasteiger partial charge in [0.2, 0.25) is 0 Å². The summed E-state index contributed by atoms with van der Waals surface area (Å²) in [6.45, 7) is 0. The van der Waals surface area contributed by atoms with E-state index in [9.17, 15) is 4.39 Å². The Labute approximate surface area is 116 Å². The van der Waals surface area contributed by atoms with Crippen LogP contribution in [-0.2, 0) is 0 Å². The van der Waals surface area contributed by atoms with E-state index in [1.54, 1.807) is 12.1 Å². The van der Waals surface area contributed by atoms with Gasteiger partial charge in [-0.2, -0.15) is 0 Å². The zero-order valence-electron chi connectivity index (χ0n) is 10.5. The van der Waals surface area contributed by atoms with Crippen LogP contribution in [0.5, 0.6) is 0 Å². The van der Waals surface area contributed by atoms with Crippen LogP contribution in [0.4, 0.5) is 10.1 Å². The SMILES string of the molecule is CNC1CC2CCC(C1)N2c1cc(Br)ccc1F. The van der Waals surface area contributed by atoms with E-state index in [0.717, 1.165) is 23.0 Å². The lowest BCUT2D eigenvalue weighted by Gasteiger charge is -2.40. The minimum atomic E-state index is -0.0991. The Morgan fingerprint density at radius 2 is 1.94 bits per heavy atom. The molecule has 98 valence electrons. The van der Waals surface area contributed by atoms with Gasteiger partial charge in [0.25, 0.3) is 0 Å². The Balaban J connectivity index is 1.91. The van der Waals surface area contributed by atoms with Gasteiger partial charge in [-0.15, -0.1) is 0 Å². The maximum absolute atomic E-state index is 14.0. The van der Waals surface area contributed by atoms with E-state index < -0.39 is 0 Å². The summed E-state index contributed by atoms with van der Waals surface area (Å²) < 4.78 is 15.0. The topological polar surface area (TPSA) is 15.3 Å². The first-order chi connectivity index (χ1) is 8.69. The molecule has 2 nitrogen and oxygen atoms in total. The standard InChI is InChI=1S/C14H18BrFN2/c1-17-10-7-11-3-4-12(8-10)18(11)14-6-9(15)2-5-13(14)16/h2,5-6,10-12,17H,3-4,7-8H2,1H3. The molecule has 2 bridgehead atoms. The molecule has 1 N–H and O–H groups in total. The number of halogens is 2. The third-order valence-corrected chi connectivity index (χ3v) is 4.82. The first-order valence-corrected chi connectivity index (χ1v) is 7.39. The van der Waals surface area contributed by atoms with Crippen molar-refractivity contribution in [2.24, 2.45) is 0 Å². The van der Waals surface area contributed by atoms with Crippen LogP contribution in [0.3, 0.4) is 0 Å². The molecule has 1 aromatic rings. The number of hydrogen-bond acceptors (Lipinski definition) is 2. The van der Waals surface area contributed by atoms with Crippen LogP contribution >= 0.6 is 15.9 Å². The zero-order valence-corrected chi connectivity index (χ0v) is 12.1. The van der Waals surface area contributed by atoms with Gasteiger partial charge in [0.15, 0.2) is 0 Å². The van der Waals surface area contributed by atoms with Crippen molar-refractivity contribution in [2.45, 2.75) is 43.8 Å². The third-order valence-electron chi connectivity index (χ3n) is 4.33. The Morgan fingerprint density at radius 1 is 1.28 bits per heavy atom. The fourth-order valence-corrected chi connectivity index (χ4v) is 3.84. The lowest BCUT2D eigenvalue weighted by molar-refractivity contribution is 0.370. The second-order valence-electron chi connectivity index (χ2n) is 5.35. The fraction of sp³-hybridized carbons (Fsp3) is 0.571. The van der Waals surface area contributed by atoms with Gasteiger partial charge in [-0.25, -0.2) is 4.39 Å². The molecule has 2 saturated heterocycles. The molecule has 0 spiro atoms. The Kier molecular flexibility index (Phi) is 3.32. The van der Waals surface area contributed by atoms with E-state index in [4.69, 9.17) is 0 Å². The van der Waals surface area contributed by atoms with Crippen LogP contribution in [0.25, 0.3) is 0 Å². The van der Waals surface area contributed by atoms with Crippen molar-refractivity contribution in [3.05, 3.63) is 28.5 Å². The second kappa shape index (κ2) is 4.82. The van der Waals surface area contributed by atoms with Gasteiger partial charge in [0.1, 0.15) is 5.82 Å². The van der Waals surface area contributed by atoms with Crippen LogP contribution in [0, 0.1) is 5.82 Å². The Morgan fingerprint density at radius 3 is 2.56 bits per heavy atom. The number of rotatable bonds is 2. The predicted octanol–water partition coefficient (Wildman–Crippen LogP) is 3.31. The lowest BCUT2D eigenvalue weighted by Crippen LogP contribution is -2.48. The van der Waals surface area contributed by atoms with Crippen LogP contribution in [0.2, 0.25) is 0 Å². The Bertz CT molecular complexity index is 437. The van der Waals surface area contributed by atoms with Crippen molar-refractivity contribution in [3.63, 3.8) is 0 Å². The molecule has 2 atom stereocenters. The molecule has 0 aromatic heterocycles. The van der Waals surface area contributed by atoms with Gasteiger partial charge >= 0.3 is 0 Å². The van der Waals surface area contributed by atoms with Crippen LogP contribution in [0.1, 0.15) is 25.7 Å². The van der Waals surface area contributed by atoms with Gasteiger partial charge in [0.05, 0.1) is 5.69 Å². The van der Waals surface area contributed by atoms with Gasteiger partial charge in [-0.3, -0.25) is 0 Å². The van der Waals surface area contributed by atoms with E-state index in [0.29, 0.717) is 18.1 Å². The molecule has 0 radical (unpaired) electrons. The molecule has 0 saturated carbocycles. The summed E-state index contributed by atoms with van der Waals surface area (Å²) in [6, 6.07) is 6.81. The molecule has 0 amide bonds. The fourth-order valence-electron chi connectivity index (χ4n) is 3.49.